The number of ether oxygens (including phenoxy) is 2. The Balaban J connectivity index is 0.00000324. The first-order chi connectivity index (χ1) is 15.7. The third-order valence-electron chi connectivity index (χ3n) is 5.22. The van der Waals surface area contributed by atoms with Crippen molar-refractivity contribution >= 4 is 45.0 Å². The van der Waals surface area contributed by atoms with Gasteiger partial charge in [-0.25, -0.2) is 4.98 Å². The molecular formula is C21H25ClF3N5O3S. The number of aryl methyl sites for hydroxylation is 2. The molecule has 0 aliphatic carbocycles. The van der Waals surface area contributed by atoms with E-state index in [4.69, 9.17) is 4.74 Å². The van der Waals surface area contributed by atoms with E-state index in [1.807, 2.05) is 13.8 Å². The highest BCUT2D eigenvalue weighted by molar-refractivity contribution is 7.22. The summed E-state index contributed by atoms with van der Waals surface area (Å²) in [5.74, 6) is -0.576. The lowest BCUT2D eigenvalue weighted by atomic mass is 10.3. The first-order valence-electron chi connectivity index (χ1n) is 10.6. The number of thiazole rings is 1. The van der Waals surface area contributed by atoms with Crippen molar-refractivity contribution in [2.45, 2.75) is 26.8 Å². The molecular weight excluding hydrogens is 495 g/mol. The Labute approximate surface area is 204 Å². The molecule has 0 saturated carbocycles. The zero-order valence-corrected chi connectivity index (χ0v) is 20.3. The number of fused-ring (bicyclic) bond motifs is 1. The summed E-state index contributed by atoms with van der Waals surface area (Å²) in [7, 11) is 0. The quantitative estimate of drug-likeness (QED) is 0.467. The van der Waals surface area contributed by atoms with E-state index in [-0.39, 0.29) is 24.1 Å². The first-order valence-corrected chi connectivity index (χ1v) is 11.4. The van der Waals surface area contributed by atoms with Crippen molar-refractivity contribution in [3.8, 4) is 5.75 Å². The predicted octanol–water partition coefficient (Wildman–Crippen LogP) is 4.12. The molecule has 186 valence electrons. The molecule has 0 spiro atoms. The van der Waals surface area contributed by atoms with Crippen LogP contribution in [0.2, 0.25) is 0 Å². The Morgan fingerprint density at radius 3 is 2.68 bits per heavy atom. The van der Waals surface area contributed by atoms with Gasteiger partial charge in [0.1, 0.15) is 11.4 Å². The van der Waals surface area contributed by atoms with E-state index in [9.17, 15) is 18.0 Å². The van der Waals surface area contributed by atoms with Gasteiger partial charge in [-0.3, -0.25) is 19.3 Å². The van der Waals surface area contributed by atoms with Gasteiger partial charge in [-0.15, -0.1) is 25.6 Å². The zero-order valence-electron chi connectivity index (χ0n) is 18.7. The number of carbonyl (C=O) groups is 1. The minimum Gasteiger partial charge on any atom is -0.406 e. The van der Waals surface area contributed by atoms with Crippen molar-refractivity contribution in [2.24, 2.45) is 0 Å². The molecule has 13 heteroatoms. The molecule has 0 bridgehead atoms. The lowest BCUT2D eigenvalue weighted by Gasteiger charge is -2.29. The first kappa shape index (κ1) is 26.2. The predicted molar refractivity (Wildman–Crippen MR) is 125 cm³/mol. The van der Waals surface area contributed by atoms with Gasteiger partial charge in [0.25, 0.3) is 5.91 Å². The minimum atomic E-state index is -4.78. The summed E-state index contributed by atoms with van der Waals surface area (Å²) < 4.78 is 49.4. The molecule has 8 nitrogen and oxygen atoms in total. The van der Waals surface area contributed by atoms with Crippen molar-refractivity contribution in [1.29, 1.82) is 0 Å². The second kappa shape index (κ2) is 10.9. The maximum atomic E-state index is 13.6. The third-order valence-corrected chi connectivity index (χ3v) is 6.26. The number of hydrogen-bond donors (Lipinski definition) is 0. The van der Waals surface area contributed by atoms with Gasteiger partial charge in [0.15, 0.2) is 5.13 Å². The summed E-state index contributed by atoms with van der Waals surface area (Å²) in [5, 5.41) is 4.78. The standard InChI is InChI=1S/C21H24F3N5O3S.ClH/c1-3-29-17(12-14(2)26-29)19(30)28(7-6-27-8-10-31-11-9-27)20-25-16-5-4-15(13-18(16)33-20)32-21(22,23)24;/h4-5,12-13H,3,6-11H2,1-2H3;1H. The van der Waals surface area contributed by atoms with Crippen LogP contribution in [0.15, 0.2) is 24.3 Å². The van der Waals surface area contributed by atoms with E-state index in [0.717, 1.165) is 30.1 Å². The van der Waals surface area contributed by atoms with Gasteiger partial charge >= 0.3 is 6.36 Å². The van der Waals surface area contributed by atoms with Crippen LogP contribution in [0, 0.1) is 6.92 Å². The largest absolute Gasteiger partial charge is 0.573 e. The van der Waals surface area contributed by atoms with Gasteiger partial charge in [-0.2, -0.15) is 5.10 Å². The van der Waals surface area contributed by atoms with Crippen LogP contribution in [-0.4, -0.2) is 71.3 Å². The molecule has 1 amide bonds. The molecule has 1 aromatic carbocycles. The monoisotopic (exact) mass is 519 g/mol. The second-order valence-electron chi connectivity index (χ2n) is 7.57. The lowest BCUT2D eigenvalue weighted by molar-refractivity contribution is -0.274. The number of morpholine rings is 1. The fourth-order valence-corrected chi connectivity index (χ4v) is 4.67. The maximum Gasteiger partial charge on any atom is 0.573 e. The lowest BCUT2D eigenvalue weighted by Crippen LogP contribution is -2.43. The summed E-state index contributed by atoms with van der Waals surface area (Å²) in [4.78, 5) is 21.9. The molecule has 1 saturated heterocycles. The SMILES string of the molecule is CCn1nc(C)cc1C(=O)N(CCN1CCOCC1)c1nc2ccc(OC(F)(F)F)cc2s1.Cl. The molecule has 3 heterocycles. The molecule has 0 atom stereocenters. The van der Waals surface area contributed by atoms with Crippen LogP contribution in [-0.2, 0) is 11.3 Å². The Kier molecular flexibility index (Phi) is 8.39. The van der Waals surface area contributed by atoms with E-state index in [1.165, 1.54) is 18.2 Å². The molecule has 1 aliphatic rings. The van der Waals surface area contributed by atoms with Gasteiger partial charge in [-0.1, -0.05) is 11.3 Å². The number of hydrogen-bond acceptors (Lipinski definition) is 7. The smallest absolute Gasteiger partial charge is 0.406 e. The highest BCUT2D eigenvalue weighted by atomic mass is 35.5. The topological polar surface area (TPSA) is 72.7 Å². The number of amides is 1. The van der Waals surface area contributed by atoms with Crippen LogP contribution in [0.25, 0.3) is 10.2 Å². The average Bonchev–Trinajstić information content (AvgIpc) is 3.36. The highest BCUT2D eigenvalue weighted by Crippen LogP contribution is 2.34. The van der Waals surface area contributed by atoms with Crippen molar-refractivity contribution in [2.75, 3.05) is 44.3 Å². The van der Waals surface area contributed by atoms with Crippen LogP contribution in [0.1, 0.15) is 23.1 Å². The number of benzene rings is 1. The number of anilines is 1. The average molecular weight is 520 g/mol. The van der Waals surface area contributed by atoms with E-state index < -0.39 is 6.36 Å². The number of rotatable bonds is 7. The van der Waals surface area contributed by atoms with Gasteiger partial charge in [0.05, 0.1) is 29.1 Å². The summed E-state index contributed by atoms with van der Waals surface area (Å²) >= 11 is 1.15. The number of alkyl halides is 3. The van der Waals surface area contributed by atoms with Crippen molar-refractivity contribution in [3.63, 3.8) is 0 Å². The molecule has 4 rings (SSSR count). The van der Waals surface area contributed by atoms with Crippen LogP contribution >= 0.6 is 23.7 Å². The van der Waals surface area contributed by atoms with E-state index in [0.29, 0.717) is 53.9 Å². The van der Waals surface area contributed by atoms with Crippen LogP contribution in [0.3, 0.4) is 0 Å². The van der Waals surface area contributed by atoms with Gasteiger partial charge in [-0.05, 0) is 32.0 Å². The molecule has 34 heavy (non-hydrogen) atoms. The van der Waals surface area contributed by atoms with Crippen molar-refractivity contribution < 1.29 is 27.4 Å². The fourth-order valence-electron chi connectivity index (χ4n) is 3.65. The summed E-state index contributed by atoms with van der Waals surface area (Å²) in [6, 6.07) is 5.70. The molecule has 1 aliphatic heterocycles. The maximum absolute atomic E-state index is 13.6. The molecule has 0 unspecified atom stereocenters. The number of carbonyl (C=O) groups excluding carboxylic acids is 1. The van der Waals surface area contributed by atoms with E-state index >= 15 is 0 Å². The highest BCUT2D eigenvalue weighted by Gasteiger charge is 2.31. The molecule has 2 aromatic heterocycles. The number of halogens is 4. The van der Waals surface area contributed by atoms with Crippen LogP contribution in [0.5, 0.6) is 5.75 Å². The minimum absolute atomic E-state index is 0. The molecule has 0 radical (unpaired) electrons. The summed E-state index contributed by atoms with van der Waals surface area (Å²) in [5.41, 5.74) is 1.66. The van der Waals surface area contributed by atoms with Gasteiger partial charge in [0.2, 0.25) is 0 Å². The summed E-state index contributed by atoms with van der Waals surface area (Å²) in [6.45, 7) is 8.06. The number of aromatic nitrogens is 3. The van der Waals surface area contributed by atoms with Gasteiger partial charge < -0.3 is 9.47 Å². The zero-order chi connectivity index (χ0) is 23.6. The molecule has 3 aromatic rings. The molecule has 1 fully saturated rings. The Morgan fingerprint density at radius 1 is 1.26 bits per heavy atom. The normalized spacial score (nSPS) is 14.7. The Hall–Kier alpha value is -2.41. The Morgan fingerprint density at radius 2 is 2.00 bits per heavy atom. The van der Waals surface area contributed by atoms with Gasteiger partial charge in [0, 0.05) is 38.8 Å². The van der Waals surface area contributed by atoms with Crippen LogP contribution < -0.4 is 9.64 Å². The Bertz CT molecular complexity index is 1130. The fraction of sp³-hybridized carbons (Fsp3) is 0.476. The molecule has 0 N–H and O–H groups in total. The van der Waals surface area contributed by atoms with E-state index in [1.54, 1.807) is 15.6 Å². The second-order valence-corrected chi connectivity index (χ2v) is 8.58. The summed E-state index contributed by atoms with van der Waals surface area (Å²) in [6.07, 6.45) is -4.78. The van der Waals surface area contributed by atoms with Crippen LogP contribution in [0.4, 0.5) is 18.3 Å². The third kappa shape index (κ3) is 6.17. The van der Waals surface area contributed by atoms with Crippen molar-refractivity contribution in [1.82, 2.24) is 19.7 Å². The number of nitrogens with zero attached hydrogens (tertiary/aromatic N) is 5. The van der Waals surface area contributed by atoms with Crippen molar-refractivity contribution in [3.05, 3.63) is 35.7 Å². The van der Waals surface area contributed by atoms with E-state index in [2.05, 4.69) is 19.7 Å².